The molecule has 0 aromatic heterocycles. The smallest absolute Gasteiger partial charge is 0.328 e. The molecule has 2 amide bonds. The number of nitrogens with zero attached hydrogens (tertiary/aromatic N) is 1. The van der Waals surface area contributed by atoms with Gasteiger partial charge in [-0.05, 0) is 70.9 Å². The molecule has 1 aliphatic heterocycles. The van der Waals surface area contributed by atoms with Crippen molar-refractivity contribution in [3.05, 3.63) is 68.5 Å². The molecule has 6 nitrogen and oxygen atoms in total. The Morgan fingerprint density at radius 2 is 2.00 bits per heavy atom. The quantitative estimate of drug-likeness (QED) is 0.422. The Morgan fingerprint density at radius 1 is 1.23 bits per heavy atom. The Bertz CT molecular complexity index is 1040. The highest BCUT2D eigenvalue weighted by Crippen LogP contribution is 2.35. The number of thioether (sulfide) groups is 1. The van der Waals surface area contributed by atoms with Crippen molar-refractivity contribution in [3.63, 3.8) is 0 Å². The van der Waals surface area contributed by atoms with Crippen molar-refractivity contribution < 1.29 is 23.9 Å². The summed E-state index contributed by atoms with van der Waals surface area (Å²) in [5, 5.41) is -0.499. The van der Waals surface area contributed by atoms with Crippen molar-refractivity contribution in [3.8, 4) is 5.75 Å². The van der Waals surface area contributed by atoms with E-state index in [1.54, 1.807) is 18.2 Å². The van der Waals surface area contributed by atoms with Crippen LogP contribution in [0, 0.1) is 6.92 Å². The molecule has 1 heterocycles. The lowest BCUT2D eigenvalue weighted by molar-refractivity contribution is -0.148. The van der Waals surface area contributed by atoms with Crippen LogP contribution in [0.5, 0.6) is 5.75 Å². The minimum atomic E-state index is -0.975. The zero-order valence-electron chi connectivity index (χ0n) is 16.7. The number of halogens is 1. The molecule has 2 aromatic carbocycles. The lowest BCUT2D eigenvalue weighted by Gasteiger charge is -2.18. The molecule has 8 heteroatoms. The number of amides is 2. The van der Waals surface area contributed by atoms with Gasteiger partial charge in [0.25, 0.3) is 11.1 Å². The third kappa shape index (κ3) is 4.94. The van der Waals surface area contributed by atoms with Crippen LogP contribution >= 0.6 is 27.7 Å². The van der Waals surface area contributed by atoms with Crippen LogP contribution < -0.4 is 4.74 Å². The van der Waals surface area contributed by atoms with Gasteiger partial charge < -0.3 is 9.47 Å². The normalized spacial score (nSPS) is 16.1. The van der Waals surface area contributed by atoms with Gasteiger partial charge in [0.05, 0.1) is 16.5 Å². The van der Waals surface area contributed by atoms with Gasteiger partial charge in [-0.2, -0.15) is 0 Å². The summed E-state index contributed by atoms with van der Waals surface area (Å²) < 4.78 is 11.2. The second kappa shape index (κ2) is 9.49. The lowest BCUT2D eigenvalue weighted by Crippen LogP contribution is -2.42. The molecule has 0 N–H and O–H groups in total. The van der Waals surface area contributed by atoms with Crippen LogP contribution in [0.2, 0.25) is 0 Å². The standard InChI is InChI=1S/C22H20BrNO5S/c1-13-5-4-6-16(9-13)12-29-18-8-7-15(10-17(18)23)11-19-20(25)24(22(27)30-19)14(2)21(26)28-3/h4-11,14H,12H2,1-3H3/b19-11+/t14-/m1/s1. The van der Waals surface area contributed by atoms with Crippen molar-refractivity contribution in [2.75, 3.05) is 7.11 Å². The molecule has 0 unspecified atom stereocenters. The number of carbonyl (C=O) groups is 3. The molecule has 0 aliphatic carbocycles. The van der Waals surface area contributed by atoms with E-state index in [0.717, 1.165) is 32.3 Å². The molecule has 0 saturated carbocycles. The van der Waals surface area contributed by atoms with E-state index in [9.17, 15) is 14.4 Å². The summed E-state index contributed by atoms with van der Waals surface area (Å²) >= 11 is 4.29. The number of imide groups is 1. The Labute approximate surface area is 187 Å². The number of hydrogen-bond donors (Lipinski definition) is 0. The SMILES string of the molecule is COC(=O)[C@@H](C)N1C(=O)S/C(=C/c2ccc(OCc3cccc(C)c3)c(Br)c2)C1=O. The number of esters is 1. The van der Waals surface area contributed by atoms with Crippen LogP contribution in [-0.4, -0.2) is 35.2 Å². The van der Waals surface area contributed by atoms with Crippen LogP contribution in [0.25, 0.3) is 6.08 Å². The van der Waals surface area contributed by atoms with E-state index in [1.807, 2.05) is 31.2 Å². The van der Waals surface area contributed by atoms with Crippen LogP contribution in [0.4, 0.5) is 4.79 Å². The van der Waals surface area contributed by atoms with Gasteiger partial charge in [-0.25, -0.2) is 4.79 Å². The fraction of sp³-hybridized carbons (Fsp3) is 0.227. The topological polar surface area (TPSA) is 72.9 Å². The van der Waals surface area contributed by atoms with Crippen LogP contribution in [0.15, 0.2) is 51.8 Å². The highest BCUT2D eigenvalue weighted by Gasteiger charge is 2.41. The van der Waals surface area contributed by atoms with Gasteiger partial charge in [0.1, 0.15) is 18.4 Å². The number of aryl methyl sites for hydroxylation is 1. The fourth-order valence-electron chi connectivity index (χ4n) is 2.93. The minimum Gasteiger partial charge on any atom is -0.488 e. The van der Waals surface area contributed by atoms with E-state index >= 15 is 0 Å². The van der Waals surface area contributed by atoms with Crippen molar-refractivity contribution in [1.82, 2.24) is 4.90 Å². The maximum Gasteiger partial charge on any atom is 0.328 e. The van der Waals surface area contributed by atoms with Gasteiger partial charge in [-0.15, -0.1) is 0 Å². The first-order chi connectivity index (χ1) is 14.3. The van der Waals surface area contributed by atoms with Gasteiger partial charge >= 0.3 is 5.97 Å². The third-order valence-corrected chi connectivity index (χ3v) is 5.99. The van der Waals surface area contributed by atoms with Crippen LogP contribution in [-0.2, 0) is 20.9 Å². The minimum absolute atomic E-state index is 0.246. The molecule has 156 valence electrons. The molecule has 0 radical (unpaired) electrons. The van der Waals surface area contributed by atoms with Gasteiger partial charge in [0.15, 0.2) is 0 Å². The summed E-state index contributed by atoms with van der Waals surface area (Å²) in [6.07, 6.45) is 1.62. The van der Waals surface area contributed by atoms with E-state index in [1.165, 1.54) is 19.6 Å². The average molecular weight is 490 g/mol. The Kier molecular flexibility index (Phi) is 6.99. The number of carbonyl (C=O) groups excluding carboxylic acids is 3. The number of ether oxygens (including phenoxy) is 2. The highest BCUT2D eigenvalue weighted by molar-refractivity contribution is 9.10. The zero-order chi connectivity index (χ0) is 21.8. The number of methoxy groups -OCH3 is 1. The predicted molar refractivity (Wildman–Crippen MR) is 119 cm³/mol. The lowest BCUT2D eigenvalue weighted by atomic mass is 10.1. The van der Waals surface area contributed by atoms with Crippen molar-refractivity contribution >= 4 is 50.9 Å². The second-order valence-corrected chi connectivity index (χ2v) is 8.57. The van der Waals surface area contributed by atoms with Gasteiger partial charge in [-0.3, -0.25) is 14.5 Å². The summed E-state index contributed by atoms with van der Waals surface area (Å²) in [5.74, 6) is -0.490. The van der Waals surface area contributed by atoms with Crippen LogP contribution in [0.1, 0.15) is 23.6 Å². The van der Waals surface area contributed by atoms with Crippen molar-refractivity contribution in [2.24, 2.45) is 0 Å². The molecule has 2 aromatic rings. The molecular weight excluding hydrogens is 470 g/mol. The Morgan fingerprint density at radius 3 is 2.67 bits per heavy atom. The number of hydrogen-bond acceptors (Lipinski definition) is 6. The average Bonchev–Trinajstić information content (AvgIpc) is 2.99. The molecule has 1 atom stereocenters. The number of benzene rings is 2. The molecule has 3 rings (SSSR count). The fourth-order valence-corrected chi connectivity index (χ4v) is 4.35. The molecule has 1 aliphatic rings. The summed E-state index contributed by atoms with van der Waals surface area (Å²) in [4.78, 5) is 37.7. The molecule has 1 saturated heterocycles. The largest absolute Gasteiger partial charge is 0.488 e. The second-order valence-electron chi connectivity index (χ2n) is 6.72. The van der Waals surface area contributed by atoms with Gasteiger partial charge in [-0.1, -0.05) is 35.9 Å². The first-order valence-corrected chi connectivity index (χ1v) is 10.7. The molecule has 0 bridgehead atoms. The maximum atomic E-state index is 12.6. The van der Waals surface area contributed by atoms with Gasteiger partial charge in [0.2, 0.25) is 0 Å². The van der Waals surface area contributed by atoms with E-state index in [2.05, 4.69) is 26.7 Å². The summed E-state index contributed by atoms with van der Waals surface area (Å²) in [5.41, 5.74) is 2.96. The van der Waals surface area contributed by atoms with Gasteiger partial charge in [0, 0.05) is 0 Å². The van der Waals surface area contributed by atoms with E-state index in [4.69, 9.17) is 4.74 Å². The molecule has 1 fully saturated rings. The summed E-state index contributed by atoms with van der Waals surface area (Å²) in [6, 6.07) is 12.5. The van der Waals surface area contributed by atoms with Crippen LogP contribution in [0.3, 0.4) is 0 Å². The summed E-state index contributed by atoms with van der Waals surface area (Å²) in [6.45, 7) is 3.92. The molecular formula is C22H20BrNO5S. The summed E-state index contributed by atoms with van der Waals surface area (Å²) in [7, 11) is 1.22. The number of rotatable bonds is 6. The third-order valence-electron chi connectivity index (χ3n) is 4.48. The van der Waals surface area contributed by atoms with E-state index in [0.29, 0.717) is 12.4 Å². The van der Waals surface area contributed by atoms with Crippen molar-refractivity contribution in [2.45, 2.75) is 26.5 Å². The first kappa shape index (κ1) is 22.1. The first-order valence-electron chi connectivity index (χ1n) is 9.13. The molecule has 0 spiro atoms. The highest BCUT2D eigenvalue weighted by atomic mass is 79.9. The maximum absolute atomic E-state index is 12.6. The monoisotopic (exact) mass is 489 g/mol. The molecule has 30 heavy (non-hydrogen) atoms. The Hall–Kier alpha value is -2.58. The van der Waals surface area contributed by atoms with Crippen molar-refractivity contribution in [1.29, 1.82) is 0 Å². The Balaban J connectivity index is 1.73. The van der Waals surface area contributed by atoms with E-state index in [-0.39, 0.29) is 4.91 Å². The van der Waals surface area contributed by atoms with E-state index < -0.39 is 23.2 Å². The predicted octanol–water partition coefficient (Wildman–Crippen LogP) is 4.93. The zero-order valence-corrected chi connectivity index (χ0v) is 19.1.